The molecule has 0 N–H and O–H groups in total. The first kappa shape index (κ1) is 19.2. The minimum Gasteiger partial charge on any atom is -0.465 e. The predicted molar refractivity (Wildman–Crippen MR) is 111 cm³/mol. The normalized spacial score (nSPS) is 10.1. The molecule has 0 unspecified atom stereocenters. The Morgan fingerprint density at radius 1 is 1.08 bits per heavy atom. The van der Waals surface area contributed by atoms with Gasteiger partial charge in [-0.15, -0.1) is 5.54 Å². The molecular formula is C20H18INO2Si. The van der Waals surface area contributed by atoms with Gasteiger partial charge in [-0.3, -0.25) is 0 Å². The van der Waals surface area contributed by atoms with Crippen LogP contribution in [0.3, 0.4) is 0 Å². The number of hydrogen-bond acceptors (Lipinski definition) is 3. The first-order chi connectivity index (χ1) is 11.8. The van der Waals surface area contributed by atoms with Crippen molar-refractivity contribution >= 4 is 36.6 Å². The van der Waals surface area contributed by atoms with Crippen molar-refractivity contribution in [3.8, 4) is 23.3 Å². The molecule has 1 aromatic carbocycles. The Bertz CT molecular complexity index is 924. The molecule has 0 aliphatic rings. The van der Waals surface area contributed by atoms with Crippen molar-refractivity contribution < 1.29 is 9.53 Å². The van der Waals surface area contributed by atoms with Crippen LogP contribution in [0.1, 0.15) is 27.3 Å². The van der Waals surface area contributed by atoms with Crippen molar-refractivity contribution in [2.75, 3.05) is 7.11 Å². The highest BCUT2D eigenvalue weighted by Gasteiger charge is 2.08. The van der Waals surface area contributed by atoms with Gasteiger partial charge in [0.05, 0.1) is 12.7 Å². The van der Waals surface area contributed by atoms with E-state index in [9.17, 15) is 4.79 Å². The van der Waals surface area contributed by atoms with Gasteiger partial charge >= 0.3 is 5.97 Å². The zero-order valence-electron chi connectivity index (χ0n) is 14.6. The summed E-state index contributed by atoms with van der Waals surface area (Å²) in [6.07, 6.45) is 0. The van der Waals surface area contributed by atoms with Crippen LogP contribution in [-0.4, -0.2) is 26.1 Å². The van der Waals surface area contributed by atoms with Crippen LogP contribution in [0.4, 0.5) is 0 Å². The van der Waals surface area contributed by atoms with Crippen molar-refractivity contribution in [2.24, 2.45) is 0 Å². The van der Waals surface area contributed by atoms with Gasteiger partial charge < -0.3 is 4.74 Å². The highest BCUT2D eigenvalue weighted by atomic mass is 127. The maximum absolute atomic E-state index is 11.7. The lowest BCUT2D eigenvalue weighted by Crippen LogP contribution is -2.16. The van der Waals surface area contributed by atoms with Gasteiger partial charge in [0.15, 0.2) is 0 Å². The molecule has 0 spiro atoms. The minimum absolute atomic E-state index is 0.372. The van der Waals surface area contributed by atoms with E-state index >= 15 is 0 Å². The molecular weight excluding hydrogens is 441 g/mol. The van der Waals surface area contributed by atoms with Crippen LogP contribution in [0.5, 0.6) is 0 Å². The maximum Gasteiger partial charge on any atom is 0.337 e. The summed E-state index contributed by atoms with van der Waals surface area (Å²) in [5.41, 5.74) is 5.91. The number of ether oxygens (including phenoxy) is 1. The average Bonchev–Trinajstić information content (AvgIpc) is 2.57. The topological polar surface area (TPSA) is 39.2 Å². The molecule has 0 fully saturated rings. The quantitative estimate of drug-likeness (QED) is 0.279. The molecule has 25 heavy (non-hydrogen) atoms. The zero-order valence-corrected chi connectivity index (χ0v) is 17.8. The number of halogens is 1. The zero-order chi connectivity index (χ0) is 18.4. The SMILES string of the molecule is COC(=O)c1cc(I)cc(C#Cc2cccc(C#C[Si](C)(C)C)n2)c1. The van der Waals surface area contributed by atoms with E-state index in [1.807, 2.05) is 24.3 Å². The second-order valence-corrected chi connectivity index (χ2v) is 12.4. The lowest BCUT2D eigenvalue weighted by Gasteiger charge is -2.03. The third kappa shape index (κ3) is 6.37. The van der Waals surface area contributed by atoms with Crippen LogP contribution in [0.2, 0.25) is 19.6 Å². The van der Waals surface area contributed by atoms with Gasteiger partial charge in [0, 0.05) is 9.13 Å². The number of methoxy groups -OCH3 is 1. The lowest BCUT2D eigenvalue weighted by molar-refractivity contribution is 0.0600. The van der Waals surface area contributed by atoms with Gasteiger partial charge in [-0.25, -0.2) is 9.78 Å². The highest BCUT2D eigenvalue weighted by Crippen LogP contribution is 2.13. The summed E-state index contributed by atoms with van der Waals surface area (Å²) in [6.45, 7) is 6.58. The molecule has 5 heteroatoms. The largest absolute Gasteiger partial charge is 0.465 e. The van der Waals surface area contributed by atoms with Gasteiger partial charge in [-0.05, 0) is 58.8 Å². The Kier molecular flexibility index (Phi) is 6.41. The van der Waals surface area contributed by atoms with Crippen LogP contribution in [0.25, 0.3) is 0 Å². The van der Waals surface area contributed by atoms with Gasteiger partial charge in [-0.2, -0.15) is 0 Å². The van der Waals surface area contributed by atoms with Crippen LogP contribution in [0, 0.1) is 26.9 Å². The molecule has 0 radical (unpaired) electrons. The molecule has 2 aromatic rings. The number of rotatable bonds is 1. The Hall–Kier alpha value is -2.09. The van der Waals surface area contributed by atoms with Crippen molar-refractivity contribution in [3.63, 3.8) is 0 Å². The van der Waals surface area contributed by atoms with E-state index in [2.05, 4.69) is 70.5 Å². The molecule has 0 saturated heterocycles. The fourth-order valence-corrected chi connectivity index (χ4v) is 3.03. The summed E-state index contributed by atoms with van der Waals surface area (Å²) in [5.74, 6) is 8.86. The Morgan fingerprint density at radius 2 is 1.76 bits per heavy atom. The summed E-state index contributed by atoms with van der Waals surface area (Å²) < 4.78 is 5.69. The molecule has 0 bridgehead atoms. The molecule has 2 rings (SSSR count). The number of pyridine rings is 1. The van der Waals surface area contributed by atoms with Gasteiger partial charge in [0.25, 0.3) is 0 Å². The van der Waals surface area contributed by atoms with Crippen molar-refractivity contribution in [2.45, 2.75) is 19.6 Å². The van der Waals surface area contributed by atoms with E-state index in [1.54, 1.807) is 12.1 Å². The second-order valence-electron chi connectivity index (χ2n) is 6.38. The second kappa shape index (κ2) is 8.33. The van der Waals surface area contributed by atoms with E-state index in [0.29, 0.717) is 11.3 Å². The van der Waals surface area contributed by atoms with Crippen LogP contribution >= 0.6 is 22.6 Å². The summed E-state index contributed by atoms with van der Waals surface area (Å²) in [6, 6.07) is 11.0. The van der Waals surface area contributed by atoms with Crippen molar-refractivity contribution in [1.29, 1.82) is 0 Å². The molecule has 0 aliphatic heterocycles. The summed E-state index contributed by atoms with van der Waals surface area (Å²) in [4.78, 5) is 16.2. The molecule has 0 saturated carbocycles. The fraction of sp³-hybridized carbons (Fsp3) is 0.200. The molecule has 0 amide bonds. The highest BCUT2D eigenvalue weighted by molar-refractivity contribution is 14.1. The molecule has 1 aromatic heterocycles. The first-order valence-corrected chi connectivity index (χ1v) is 12.3. The van der Waals surface area contributed by atoms with E-state index in [4.69, 9.17) is 4.74 Å². The van der Waals surface area contributed by atoms with Gasteiger partial charge in [0.2, 0.25) is 0 Å². The van der Waals surface area contributed by atoms with Crippen molar-refractivity contribution in [3.05, 3.63) is 62.5 Å². The number of esters is 1. The van der Waals surface area contributed by atoms with Gasteiger partial charge in [-0.1, -0.05) is 37.5 Å². The van der Waals surface area contributed by atoms with Crippen molar-refractivity contribution in [1.82, 2.24) is 4.98 Å². The summed E-state index contributed by atoms with van der Waals surface area (Å²) >= 11 is 2.15. The number of hydrogen-bond donors (Lipinski definition) is 0. The monoisotopic (exact) mass is 459 g/mol. The summed E-state index contributed by atoms with van der Waals surface area (Å²) in [5, 5.41) is 0. The number of carbonyl (C=O) groups excluding carboxylic acids is 1. The third-order valence-electron chi connectivity index (χ3n) is 2.97. The Morgan fingerprint density at radius 3 is 2.40 bits per heavy atom. The Labute approximate surface area is 163 Å². The van der Waals surface area contributed by atoms with Crippen LogP contribution in [0.15, 0.2) is 36.4 Å². The maximum atomic E-state index is 11.7. The smallest absolute Gasteiger partial charge is 0.337 e. The van der Waals surface area contributed by atoms with E-state index in [1.165, 1.54) is 7.11 Å². The molecule has 126 valence electrons. The number of benzene rings is 1. The van der Waals surface area contributed by atoms with E-state index in [0.717, 1.165) is 14.8 Å². The Balaban J connectivity index is 2.31. The van der Waals surface area contributed by atoms with E-state index < -0.39 is 8.07 Å². The lowest BCUT2D eigenvalue weighted by atomic mass is 10.1. The van der Waals surface area contributed by atoms with Gasteiger partial charge in [0.1, 0.15) is 19.5 Å². The van der Waals surface area contributed by atoms with Crippen LogP contribution in [-0.2, 0) is 4.74 Å². The number of nitrogens with zero attached hydrogens (tertiary/aromatic N) is 1. The first-order valence-electron chi connectivity index (χ1n) is 7.68. The molecule has 3 nitrogen and oxygen atoms in total. The standard InChI is InChI=1S/C20H18INO2Si/c1-24-20(23)16-12-15(13-17(21)14-16)8-9-18-6-5-7-19(22-18)10-11-25(2,3)4/h5-7,12-14H,1-4H3. The average molecular weight is 459 g/mol. The minimum atomic E-state index is -1.44. The molecule has 0 aliphatic carbocycles. The number of aromatic nitrogens is 1. The van der Waals surface area contributed by atoms with Crippen LogP contribution < -0.4 is 0 Å². The van der Waals surface area contributed by atoms with E-state index in [-0.39, 0.29) is 5.97 Å². The third-order valence-corrected chi connectivity index (χ3v) is 4.47. The number of carbonyl (C=O) groups is 1. The molecule has 1 heterocycles. The predicted octanol–water partition coefficient (Wildman–Crippen LogP) is 4.10. The molecule has 0 atom stereocenters. The fourth-order valence-electron chi connectivity index (χ4n) is 1.86. The summed E-state index contributed by atoms with van der Waals surface area (Å²) in [7, 11) is -0.0719.